The molecule has 9 heteroatoms. The van der Waals surface area contributed by atoms with Crippen molar-refractivity contribution >= 4 is 38.9 Å². The number of carbonyl (C=O) groups is 1. The van der Waals surface area contributed by atoms with E-state index < -0.39 is 22.0 Å². The van der Waals surface area contributed by atoms with Crippen LogP contribution in [0.1, 0.15) is 5.56 Å². The maximum atomic E-state index is 12.6. The number of nitriles is 1. The molecule has 0 saturated carbocycles. The number of hydrogen-bond acceptors (Lipinski definition) is 5. The number of fused-ring (bicyclic) bond motifs is 1. The van der Waals surface area contributed by atoms with Gasteiger partial charge in [-0.25, -0.2) is 8.42 Å². The summed E-state index contributed by atoms with van der Waals surface area (Å²) in [5, 5.41) is 11.8. The van der Waals surface area contributed by atoms with Crippen LogP contribution in [-0.4, -0.2) is 33.2 Å². The van der Waals surface area contributed by atoms with Crippen LogP contribution in [0.3, 0.4) is 0 Å². The summed E-state index contributed by atoms with van der Waals surface area (Å²) in [6.45, 7) is -0.162. The van der Waals surface area contributed by atoms with Crippen LogP contribution in [0.4, 0.5) is 11.4 Å². The highest BCUT2D eigenvalue weighted by Crippen LogP contribution is 2.37. The number of rotatable bonds is 4. The topological polar surface area (TPSA) is 99.5 Å². The van der Waals surface area contributed by atoms with Crippen molar-refractivity contribution in [1.29, 1.82) is 5.26 Å². The first-order chi connectivity index (χ1) is 12.8. The molecule has 1 aliphatic rings. The molecule has 140 valence electrons. The molecule has 0 unspecified atom stereocenters. The SMILES string of the molecule is CS(=O)(=O)N1C[C@H](C(=O)Nc2ccc(CC#N)cc2)Oc2ccc(Cl)cc21. The Morgan fingerprint density at radius 1 is 1.33 bits per heavy atom. The van der Waals surface area contributed by atoms with Gasteiger partial charge in [0.1, 0.15) is 5.75 Å². The third kappa shape index (κ3) is 4.32. The minimum atomic E-state index is -3.62. The number of hydrogen-bond donors (Lipinski definition) is 1. The van der Waals surface area contributed by atoms with E-state index in [1.54, 1.807) is 30.3 Å². The molecule has 3 rings (SSSR count). The van der Waals surface area contributed by atoms with E-state index >= 15 is 0 Å². The van der Waals surface area contributed by atoms with Crippen molar-refractivity contribution in [1.82, 2.24) is 0 Å². The van der Waals surface area contributed by atoms with Gasteiger partial charge in [-0.1, -0.05) is 23.7 Å². The molecule has 7 nitrogen and oxygen atoms in total. The number of nitrogens with one attached hydrogen (secondary N) is 1. The molecule has 2 aromatic rings. The molecular formula is C18H16ClN3O4S. The average molecular weight is 406 g/mol. The van der Waals surface area contributed by atoms with Crippen molar-refractivity contribution in [2.75, 3.05) is 22.4 Å². The molecule has 1 amide bonds. The van der Waals surface area contributed by atoms with Crippen LogP contribution in [0.15, 0.2) is 42.5 Å². The van der Waals surface area contributed by atoms with Gasteiger partial charge >= 0.3 is 0 Å². The number of nitrogens with zero attached hydrogens (tertiary/aromatic N) is 2. The van der Waals surface area contributed by atoms with Gasteiger partial charge in [0, 0.05) is 10.7 Å². The fourth-order valence-electron chi connectivity index (χ4n) is 2.70. The van der Waals surface area contributed by atoms with Gasteiger partial charge in [-0.05, 0) is 35.9 Å². The summed E-state index contributed by atoms with van der Waals surface area (Å²) in [7, 11) is -3.62. The molecule has 0 spiro atoms. The number of benzene rings is 2. The molecule has 1 aliphatic heterocycles. The number of carbonyl (C=O) groups excluding carboxylic acids is 1. The second-order valence-electron chi connectivity index (χ2n) is 6.03. The van der Waals surface area contributed by atoms with Crippen molar-refractivity contribution in [3.8, 4) is 11.8 Å². The lowest BCUT2D eigenvalue weighted by Gasteiger charge is -2.34. The molecule has 0 fully saturated rings. The largest absolute Gasteiger partial charge is 0.476 e. The Kier molecular flexibility index (Phi) is 5.26. The smallest absolute Gasteiger partial charge is 0.267 e. The highest BCUT2D eigenvalue weighted by Gasteiger charge is 2.35. The van der Waals surface area contributed by atoms with Gasteiger partial charge in [-0.15, -0.1) is 0 Å². The van der Waals surface area contributed by atoms with E-state index in [1.165, 1.54) is 12.1 Å². The maximum Gasteiger partial charge on any atom is 0.267 e. The highest BCUT2D eigenvalue weighted by molar-refractivity contribution is 7.92. The van der Waals surface area contributed by atoms with Crippen molar-refractivity contribution in [2.45, 2.75) is 12.5 Å². The third-order valence-electron chi connectivity index (χ3n) is 3.99. The lowest BCUT2D eigenvalue weighted by atomic mass is 10.1. The molecule has 0 saturated heterocycles. The molecule has 2 aromatic carbocycles. The van der Waals surface area contributed by atoms with Gasteiger partial charge in [0.2, 0.25) is 10.0 Å². The summed E-state index contributed by atoms with van der Waals surface area (Å²) in [4.78, 5) is 12.6. The van der Waals surface area contributed by atoms with Crippen LogP contribution in [-0.2, 0) is 21.2 Å². The fraction of sp³-hybridized carbons (Fsp3) is 0.222. The van der Waals surface area contributed by atoms with E-state index in [1.807, 2.05) is 6.07 Å². The monoisotopic (exact) mass is 405 g/mol. The molecular weight excluding hydrogens is 390 g/mol. The lowest BCUT2D eigenvalue weighted by Crippen LogP contribution is -2.48. The van der Waals surface area contributed by atoms with Crippen LogP contribution >= 0.6 is 11.6 Å². The zero-order valence-corrected chi connectivity index (χ0v) is 15.9. The fourth-order valence-corrected chi connectivity index (χ4v) is 3.77. The molecule has 0 bridgehead atoms. The van der Waals surface area contributed by atoms with Crippen molar-refractivity contribution < 1.29 is 17.9 Å². The molecule has 27 heavy (non-hydrogen) atoms. The number of halogens is 1. The Balaban J connectivity index is 1.81. The van der Waals surface area contributed by atoms with E-state index in [0.717, 1.165) is 16.1 Å². The molecule has 0 radical (unpaired) electrons. The van der Waals surface area contributed by atoms with Crippen LogP contribution in [0.25, 0.3) is 0 Å². The summed E-state index contributed by atoms with van der Waals surface area (Å²) in [6.07, 6.45) is 0.321. The minimum Gasteiger partial charge on any atom is -0.476 e. The van der Waals surface area contributed by atoms with Crippen molar-refractivity contribution in [2.24, 2.45) is 0 Å². The van der Waals surface area contributed by atoms with Gasteiger partial charge in [0.05, 0.1) is 31.0 Å². The summed E-state index contributed by atoms with van der Waals surface area (Å²) < 4.78 is 31.1. The first-order valence-corrected chi connectivity index (χ1v) is 10.2. The van der Waals surface area contributed by atoms with Gasteiger partial charge < -0.3 is 10.1 Å². The number of sulfonamides is 1. The zero-order valence-electron chi connectivity index (χ0n) is 14.3. The quantitative estimate of drug-likeness (QED) is 0.842. The summed E-state index contributed by atoms with van der Waals surface area (Å²) in [6, 6.07) is 13.5. The number of amides is 1. The standard InChI is InChI=1S/C18H16ClN3O4S/c1-27(24,25)22-11-17(26-16-7-4-13(19)10-15(16)22)18(23)21-14-5-2-12(3-6-14)8-9-20/h2-7,10,17H,8,11H2,1H3,(H,21,23)/t17-/m1/s1. The van der Waals surface area contributed by atoms with Crippen LogP contribution in [0, 0.1) is 11.3 Å². The Labute approximate surface area is 162 Å². The first kappa shape index (κ1) is 19.0. The van der Waals surface area contributed by atoms with Crippen molar-refractivity contribution in [3.63, 3.8) is 0 Å². The van der Waals surface area contributed by atoms with Crippen LogP contribution in [0.2, 0.25) is 5.02 Å². The average Bonchev–Trinajstić information content (AvgIpc) is 2.61. The highest BCUT2D eigenvalue weighted by atomic mass is 35.5. The third-order valence-corrected chi connectivity index (χ3v) is 5.37. The molecule has 1 heterocycles. The maximum absolute atomic E-state index is 12.6. The minimum absolute atomic E-state index is 0.162. The van der Waals surface area contributed by atoms with Gasteiger partial charge in [0.15, 0.2) is 6.10 Å². The van der Waals surface area contributed by atoms with E-state index in [9.17, 15) is 13.2 Å². The second-order valence-corrected chi connectivity index (χ2v) is 8.38. The normalized spacial score (nSPS) is 16.0. The molecule has 1 N–H and O–H groups in total. The van der Waals surface area contributed by atoms with E-state index in [4.69, 9.17) is 21.6 Å². The van der Waals surface area contributed by atoms with Crippen LogP contribution < -0.4 is 14.4 Å². The number of anilines is 2. The molecule has 0 aliphatic carbocycles. The Bertz CT molecular complexity index is 1020. The summed E-state index contributed by atoms with van der Waals surface area (Å²) in [5.41, 5.74) is 1.66. The Morgan fingerprint density at radius 3 is 2.67 bits per heavy atom. The zero-order chi connectivity index (χ0) is 19.6. The second kappa shape index (κ2) is 7.47. The first-order valence-electron chi connectivity index (χ1n) is 7.98. The van der Waals surface area contributed by atoms with E-state index in [-0.39, 0.29) is 18.7 Å². The van der Waals surface area contributed by atoms with E-state index in [0.29, 0.717) is 16.4 Å². The molecule has 0 aromatic heterocycles. The summed E-state index contributed by atoms with van der Waals surface area (Å²) in [5.74, 6) is -0.210. The predicted octanol–water partition coefficient (Wildman–Crippen LogP) is 2.57. The van der Waals surface area contributed by atoms with Crippen LogP contribution in [0.5, 0.6) is 5.75 Å². The van der Waals surface area contributed by atoms with Gasteiger partial charge in [0.25, 0.3) is 5.91 Å². The predicted molar refractivity (Wildman–Crippen MR) is 102 cm³/mol. The van der Waals surface area contributed by atoms with Gasteiger partial charge in [-0.3, -0.25) is 9.10 Å². The van der Waals surface area contributed by atoms with Gasteiger partial charge in [-0.2, -0.15) is 5.26 Å². The molecule has 1 atom stereocenters. The number of ether oxygens (including phenoxy) is 1. The Hall–Kier alpha value is -2.76. The van der Waals surface area contributed by atoms with E-state index in [2.05, 4.69) is 5.32 Å². The lowest BCUT2D eigenvalue weighted by molar-refractivity contribution is -0.122. The Morgan fingerprint density at radius 2 is 2.04 bits per heavy atom. The summed E-state index contributed by atoms with van der Waals surface area (Å²) >= 11 is 5.96. The van der Waals surface area contributed by atoms with Crippen molar-refractivity contribution in [3.05, 3.63) is 53.1 Å².